The molecular formula is C27H36F2N6O6. The first-order chi connectivity index (χ1) is 19.3. The van der Waals surface area contributed by atoms with Crippen LogP contribution < -0.4 is 11.5 Å². The van der Waals surface area contributed by atoms with Crippen molar-refractivity contribution in [2.45, 2.75) is 75.3 Å². The van der Waals surface area contributed by atoms with E-state index in [1.165, 1.54) is 11.9 Å². The maximum absolute atomic E-state index is 13.8. The highest BCUT2D eigenvalue weighted by molar-refractivity contribution is 6.29. The summed E-state index contributed by atoms with van der Waals surface area (Å²) in [6, 6.07) is -1.67. The summed E-state index contributed by atoms with van der Waals surface area (Å²) >= 11 is 0. The zero-order valence-corrected chi connectivity index (χ0v) is 23.1. The highest BCUT2D eigenvalue weighted by atomic mass is 19.3. The van der Waals surface area contributed by atoms with Gasteiger partial charge in [0, 0.05) is 44.9 Å². The number of carbonyl (C=O) groups is 5. The Hall–Kier alpha value is -3.29. The van der Waals surface area contributed by atoms with Crippen molar-refractivity contribution < 1.29 is 37.5 Å². The standard InChI is InChI=1S/C27H36F2N6O6/c1-32-22(38)26(34(23(32)39)10-16-11-41-12-16)13-25(14-26)5-3-17(4-6-25)35-21(37)18(19(30)31)20(36)33(24(35)40)9-15-2-7-27(28,29)8-15/h15-17H,2-14,30-31H2,1H3. The highest BCUT2D eigenvalue weighted by Gasteiger charge is 2.68. The van der Waals surface area contributed by atoms with Gasteiger partial charge in [0.05, 0.1) is 13.2 Å². The Morgan fingerprint density at radius 2 is 1.56 bits per heavy atom. The molecule has 4 N–H and O–H groups in total. The normalized spacial score (nSPS) is 35.7. The number of hydrogen-bond donors (Lipinski definition) is 2. The van der Waals surface area contributed by atoms with Crippen molar-refractivity contribution in [1.82, 2.24) is 19.6 Å². The molecule has 6 fully saturated rings. The van der Waals surface area contributed by atoms with E-state index in [9.17, 15) is 32.8 Å². The van der Waals surface area contributed by atoms with E-state index in [2.05, 4.69) is 0 Å². The first-order valence-electron chi connectivity index (χ1n) is 14.3. The fourth-order valence-electron chi connectivity index (χ4n) is 7.97. The lowest BCUT2D eigenvalue weighted by molar-refractivity contribution is -0.153. The molecule has 14 heteroatoms. The molecule has 12 nitrogen and oxygen atoms in total. The number of hydrogen-bond acceptors (Lipinski definition) is 8. The van der Waals surface area contributed by atoms with Gasteiger partial charge in [0.15, 0.2) is 0 Å². The number of alkyl halides is 2. The molecular weight excluding hydrogens is 542 g/mol. The second-order valence-electron chi connectivity index (χ2n) is 12.9. The minimum Gasteiger partial charge on any atom is -0.385 e. The number of ether oxygens (including phenoxy) is 1. The molecule has 224 valence electrons. The highest BCUT2D eigenvalue weighted by Crippen LogP contribution is 2.61. The van der Waals surface area contributed by atoms with Gasteiger partial charge in [0.2, 0.25) is 5.92 Å². The van der Waals surface area contributed by atoms with Gasteiger partial charge in [-0.1, -0.05) is 0 Å². The second-order valence-corrected chi connectivity index (χ2v) is 12.9. The zero-order valence-electron chi connectivity index (χ0n) is 23.1. The molecule has 2 spiro atoms. The van der Waals surface area contributed by atoms with Crippen LogP contribution in [0.4, 0.5) is 18.4 Å². The van der Waals surface area contributed by atoms with Crippen molar-refractivity contribution in [2.75, 3.05) is 33.4 Å². The lowest BCUT2D eigenvalue weighted by Gasteiger charge is -2.59. The molecule has 3 aliphatic heterocycles. The minimum atomic E-state index is -2.85. The van der Waals surface area contributed by atoms with Gasteiger partial charge in [-0.05, 0) is 56.3 Å². The SMILES string of the molecule is CN1C(=O)N(CC2COC2)C2(CC3(CCC(N4C(=O)C(=C(N)N)C(=O)N(CC5CCC(F)(F)C5)C4=O)CC3)C2)C1=O. The van der Waals surface area contributed by atoms with Crippen LogP contribution in [0, 0.1) is 17.3 Å². The fourth-order valence-corrected chi connectivity index (χ4v) is 7.97. The van der Waals surface area contributed by atoms with E-state index >= 15 is 0 Å². The summed E-state index contributed by atoms with van der Waals surface area (Å²) in [5, 5.41) is 0. The molecule has 0 aromatic heterocycles. The molecule has 0 bridgehead atoms. The predicted octanol–water partition coefficient (Wildman–Crippen LogP) is 1.34. The van der Waals surface area contributed by atoms with Crippen molar-refractivity contribution in [1.29, 1.82) is 0 Å². The molecule has 41 heavy (non-hydrogen) atoms. The van der Waals surface area contributed by atoms with Crippen LogP contribution in [-0.2, 0) is 19.1 Å². The number of halogens is 2. The fraction of sp³-hybridized carbons (Fsp3) is 0.741. The molecule has 6 rings (SSSR count). The van der Waals surface area contributed by atoms with Gasteiger partial charge in [-0.25, -0.2) is 18.4 Å². The van der Waals surface area contributed by atoms with E-state index < -0.39 is 59.1 Å². The van der Waals surface area contributed by atoms with Crippen LogP contribution in [0.5, 0.6) is 0 Å². The Morgan fingerprint density at radius 3 is 2.10 bits per heavy atom. The Morgan fingerprint density at radius 1 is 0.902 bits per heavy atom. The summed E-state index contributed by atoms with van der Waals surface area (Å²) < 4.78 is 32.9. The molecule has 1 atom stereocenters. The topological polar surface area (TPSA) is 160 Å². The lowest BCUT2D eigenvalue weighted by atomic mass is 9.51. The molecule has 0 aromatic carbocycles. The van der Waals surface area contributed by atoms with Gasteiger partial charge in [-0.3, -0.25) is 29.1 Å². The summed E-state index contributed by atoms with van der Waals surface area (Å²) in [7, 11) is 1.51. The summed E-state index contributed by atoms with van der Waals surface area (Å²) in [5.41, 5.74) is 9.78. The Balaban J connectivity index is 1.16. The Kier molecular flexibility index (Phi) is 6.36. The predicted molar refractivity (Wildman–Crippen MR) is 137 cm³/mol. The number of rotatable bonds is 5. The molecule has 3 aliphatic carbocycles. The largest absolute Gasteiger partial charge is 0.385 e. The van der Waals surface area contributed by atoms with E-state index in [0.29, 0.717) is 58.3 Å². The number of urea groups is 2. The monoisotopic (exact) mass is 578 g/mol. The third kappa shape index (κ3) is 4.28. The first kappa shape index (κ1) is 27.9. The summed E-state index contributed by atoms with van der Waals surface area (Å²) in [4.78, 5) is 70.8. The number of nitrogens with two attached hydrogens (primary N) is 2. The molecule has 3 saturated carbocycles. The number of amides is 7. The van der Waals surface area contributed by atoms with Gasteiger partial charge in [0.1, 0.15) is 16.9 Å². The summed E-state index contributed by atoms with van der Waals surface area (Å²) in [6.45, 7) is 1.36. The molecule has 0 aromatic rings. The molecule has 3 saturated heterocycles. The van der Waals surface area contributed by atoms with E-state index in [1.54, 1.807) is 4.90 Å². The van der Waals surface area contributed by atoms with E-state index in [4.69, 9.17) is 16.2 Å². The van der Waals surface area contributed by atoms with Gasteiger partial charge >= 0.3 is 12.1 Å². The van der Waals surface area contributed by atoms with Crippen molar-refractivity contribution in [2.24, 2.45) is 28.7 Å². The molecule has 7 amide bonds. The number of barbiturate groups is 1. The van der Waals surface area contributed by atoms with Crippen LogP contribution in [0.1, 0.15) is 57.8 Å². The van der Waals surface area contributed by atoms with Crippen molar-refractivity contribution in [3.8, 4) is 0 Å². The second kappa shape index (κ2) is 9.36. The van der Waals surface area contributed by atoms with Gasteiger partial charge in [0.25, 0.3) is 17.7 Å². The van der Waals surface area contributed by atoms with Crippen LogP contribution in [0.25, 0.3) is 0 Å². The quantitative estimate of drug-likeness (QED) is 0.281. The maximum Gasteiger partial charge on any atom is 0.334 e. The van der Waals surface area contributed by atoms with Crippen LogP contribution in [0.2, 0.25) is 0 Å². The van der Waals surface area contributed by atoms with Crippen molar-refractivity contribution >= 4 is 29.8 Å². The van der Waals surface area contributed by atoms with Crippen LogP contribution >= 0.6 is 0 Å². The minimum absolute atomic E-state index is 0.157. The van der Waals surface area contributed by atoms with Crippen LogP contribution in [0.3, 0.4) is 0 Å². The first-order valence-corrected chi connectivity index (χ1v) is 14.3. The molecule has 1 unspecified atom stereocenters. The molecule has 3 heterocycles. The number of nitrogens with zero attached hydrogens (tertiary/aromatic N) is 4. The number of imide groups is 3. The molecule has 0 radical (unpaired) electrons. The Bertz CT molecular complexity index is 1230. The van der Waals surface area contributed by atoms with Crippen molar-refractivity contribution in [3.05, 3.63) is 11.4 Å². The summed E-state index contributed by atoms with van der Waals surface area (Å²) in [5.74, 6) is -5.77. The van der Waals surface area contributed by atoms with E-state index in [1.807, 2.05) is 0 Å². The zero-order chi connectivity index (χ0) is 29.5. The van der Waals surface area contributed by atoms with E-state index in [0.717, 1.165) is 9.80 Å². The smallest absolute Gasteiger partial charge is 0.334 e. The average Bonchev–Trinajstić information content (AvgIpc) is 3.29. The maximum atomic E-state index is 13.8. The summed E-state index contributed by atoms with van der Waals surface area (Å²) in [6.07, 6.45) is 2.52. The van der Waals surface area contributed by atoms with Crippen LogP contribution in [-0.4, -0.2) is 100 Å². The number of likely N-dealkylation sites (N-methyl/N-ethyl adjacent to an activating group) is 1. The third-order valence-electron chi connectivity index (χ3n) is 10.2. The Labute approximate surface area is 235 Å². The molecule has 6 aliphatic rings. The third-order valence-corrected chi connectivity index (χ3v) is 10.2. The van der Waals surface area contributed by atoms with E-state index in [-0.39, 0.29) is 42.7 Å². The van der Waals surface area contributed by atoms with Crippen molar-refractivity contribution in [3.63, 3.8) is 0 Å². The average molecular weight is 579 g/mol. The van der Waals surface area contributed by atoms with Gasteiger partial charge in [-0.15, -0.1) is 0 Å². The van der Waals surface area contributed by atoms with Gasteiger partial charge in [-0.2, -0.15) is 0 Å². The van der Waals surface area contributed by atoms with Crippen LogP contribution in [0.15, 0.2) is 11.4 Å². The lowest BCUT2D eigenvalue weighted by Crippen LogP contribution is -2.66. The number of carbonyl (C=O) groups excluding carboxylic acids is 5. The van der Waals surface area contributed by atoms with Gasteiger partial charge < -0.3 is 21.1 Å².